The van der Waals surface area contributed by atoms with Crippen molar-refractivity contribution in [3.05, 3.63) is 29.8 Å². The van der Waals surface area contributed by atoms with Gasteiger partial charge in [0.25, 0.3) is 0 Å². The van der Waals surface area contributed by atoms with Gasteiger partial charge in [-0.05, 0) is 19.1 Å². The van der Waals surface area contributed by atoms with Crippen molar-refractivity contribution in [2.45, 2.75) is 13.0 Å². The Morgan fingerprint density at radius 1 is 1.43 bits per heavy atom. The fourth-order valence-corrected chi connectivity index (χ4v) is 1.75. The van der Waals surface area contributed by atoms with E-state index < -0.39 is 0 Å². The summed E-state index contributed by atoms with van der Waals surface area (Å²) in [6.45, 7) is 2.64. The third-order valence-electron chi connectivity index (χ3n) is 2.37. The first-order valence-corrected chi connectivity index (χ1v) is 4.69. The van der Waals surface area contributed by atoms with Crippen LogP contribution >= 0.6 is 0 Å². The minimum atomic E-state index is -0.225. The number of cyclic esters (lactones) is 1. The quantitative estimate of drug-likeness (QED) is 0.584. The summed E-state index contributed by atoms with van der Waals surface area (Å²) in [5.41, 5.74) is 1.60. The van der Waals surface area contributed by atoms with Gasteiger partial charge in [0.1, 0.15) is 6.10 Å². The van der Waals surface area contributed by atoms with Crippen molar-refractivity contribution in [1.82, 2.24) is 0 Å². The number of fused-ring (bicyclic) bond motifs is 1. The number of carbonyl (C=O) groups is 1. The van der Waals surface area contributed by atoms with Gasteiger partial charge in [-0.2, -0.15) is 0 Å². The molecule has 0 saturated carbocycles. The molecule has 0 spiro atoms. The molecule has 74 valence electrons. The van der Waals surface area contributed by atoms with Crippen molar-refractivity contribution in [3.8, 4) is 0 Å². The van der Waals surface area contributed by atoms with E-state index in [9.17, 15) is 4.79 Å². The van der Waals surface area contributed by atoms with Gasteiger partial charge >= 0.3 is 5.97 Å². The molecular weight excluding hydrogens is 178 g/mol. The number of esters is 1. The Morgan fingerprint density at radius 3 is 2.93 bits per heavy atom. The lowest BCUT2D eigenvalue weighted by molar-refractivity contribution is 0.0373. The molecule has 0 radical (unpaired) electrons. The van der Waals surface area contributed by atoms with Crippen molar-refractivity contribution in [3.63, 3.8) is 0 Å². The molecule has 1 aromatic carbocycles. The van der Waals surface area contributed by atoms with Gasteiger partial charge in [0, 0.05) is 7.05 Å². The highest BCUT2D eigenvalue weighted by molar-refractivity contribution is 5.96. The lowest BCUT2D eigenvalue weighted by Crippen LogP contribution is -2.26. The van der Waals surface area contributed by atoms with Crippen molar-refractivity contribution < 1.29 is 9.53 Å². The summed E-state index contributed by atoms with van der Waals surface area (Å²) < 4.78 is 5.23. The third kappa shape index (κ3) is 1.45. The Bertz CT molecular complexity index is 362. The second kappa shape index (κ2) is 3.33. The average Bonchev–Trinajstić information content (AvgIpc) is 2.26. The minimum absolute atomic E-state index is 0.0556. The zero-order chi connectivity index (χ0) is 10.1. The molecule has 0 saturated heterocycles. The summed E-state index contributed by atoms with van der Waals surface area (Å²) in [6, 6.07) is 7.52. The largest absolute Gasteiger partial charge is 0.457 e. The summed E-state index contributed by atoms with van der Waals surface area (Å²) >= 11 is 0. The fraction of sp³-hybridized carbons (Fsp3) is 0.364. The molecule has 2 rings (SSSR count). The predicted molar refractivity (Wildman–Crippen MR) is 54.6 cm³/mol. The van der Waals surface area contributed by atoms with E-state index in [-0.39, 0.29) is 12.1 Å². The number of para-hydroxylation sites is 1. The van der Waals surface area contributed by atoms with Crippen molar-refractivity contribution in [2.24, 2.45) is 0 Å². The van der Waals surface area contributed by atoms with Crippen LogP contribution < -0.4 is 4.90 Å². The lowest BCUT2D eigenvalue weighted by atomic mass is 10.1. The van der Waals surface area contributed by atoms with Crippen LogP contribution in [0.5, 0.6) is 0 Å². The first-order chi connectivity index (χ1) is 6.68. The Hall–Kier alpha value is -1.51. The van der Waals surface area contributed by atoms with Gasteiger partial charge < -0.3 is 9.64 Å². The van der Waals surface area contributed by atoms with Crippen LogP contribution in [0.2, 0.25) is 0 Å². The van der Waals surface area contributed by atoms with Gasteiger partial charge in [-0.3, -0.25) is 0 Å². The zero-order valence-corrected chi connectivity index (χ0v) is 8.36. The standard InChI is InChI=1S/C11H13NO2/c1-8-7-12(2)10-6-4-3-5-9(10)11(13)14-8/h3-6,8H,7H2,1-2H3. The normalized spacial score (nSPS) is 21.1. The van der Waals surface area contributed by atoms with E-state index in [1.807, 2.05) is 37.1 Å². The maximum absolute atomic E-state index is 11.6. The number of rotatable bonds is 0. The molecule has 1 aromatic rings. The molecule has 14 heavy (non-hydrogen) atoms. The number of anilines is 1. The van der Waals surface area contributed by atoms with Crippen LogP contribution in [0, 0.1) is 0 Å². The predicted octanol–water partition coefficient (Wildman–Crippen LogP) is 1.68. The number of nitrogens with zero attached hydrogens (tertiary/aromatic N) is 1. The summed E-state index contributed by atoms with van der Waals surface area (Å²) in [4.78, 5) is 13.7. The molecule has 1 unspecified atom stereocenters. The second-order valence-electron chi connectivity index (χ2n) is 3.61. The Labute approximate surface area is 83.3 Å². The van der Waals surface area contributed by atoms with Crippen molar-refractivity contribution in [2.75, 3.05) is 18.5 Å². The number of likely N-dealkylation sites (N-methyl/N-ethyl adjacent to an activating group) is 1. The van der Waals surface area contributed by atoms with Crippen LogP contribution in [0.3, 0.4) is 0 Å². The number of carbonyl (C=O) groups excluding carboxylic acids is 1. The maximum Gasteiger partial charge on any atom is 0.340 e. The van der Waals surface area contributed by atoms with E-state index in [4.69, 9.17) is 4.74 Å². The van der Waals surface area contributed by atoms with Crippen molar-refractivity contribution >= 4 is 11.7 Å². The van der Waals surface area contributed by atoms with Crippen LogP contribution in [-0.2, 0) is 4.74 Å². The Morgan fingerprint density at radius 2 is 2.14 bits per heavy atom. The molecule has 0 bridgehead atoms. The van der Waals surface area contributed by atoms with Gasteiger partial charge in [-0.15, -0.1) is 0 Å². The van der Waals surface area contributed by atoms with E-state index in [2.05, 4.69) is 0 Å². The van der Waals surface area contributed by atoms with E-state index in [0.29, 0.717) is 5.56 Å². The summed E-state index contributed by atoms with van der Waals surface area (Å²) in [7, 11) is 1.97. The van der Waals surface area contributed by atoms with Crippen molar-refractivity contribution in [1.29, 1.82) is 0 Å². The van der Waals surface area contributed by atoms with Crippen LogP contribution in [0.1, 0.15) is 17.3 Å². The van der Waals surface area contributed by atoms with Gasteiger partial charge in [-0.25, -0.2) is 4.79 Å². The Balaban J connectivity index is 2.48. The Kier molecular flexibility index (Phi) is 2.15. The number of benzene rings is 1. The first kappa shape index (κ1) is 9.06. The molecule has 0 fully saturated rings. The first-order valence-electron chi connectivity index (χ1n) is 4.69. The van der Waals surface area contributed by atoms with Gasteiger partial charge in [0.2, 0.25) is 0 Å². The van der Waals surface area contributed by atoms with Gasteiger partial charge in [-0.1, -0.05) is 12.1 Å². The number of hydrogen-bond acceptors (Lipinski definition) is 3. The molecule has 1 aliphatic rings. The van der Waals surface area contributed by atoms with Crippen LogP contribution in [0.4, 0.5) is 5.69 Å². The van der Waals surface area contributed by atoms with E-state index >= 15 is 0 Å². The van der Waals surface area contributed by atoms with Gasteiger partial charge in [0.05, 0.1) is 17.8 Å². The number of ether oxygens (including phenoxy) is 1. The smallest absolute Gasteiger partial charge is 0.340 e. The highest BCUT2D eigenvalue weighted by atomic mass is 16.5. The summed E-state index contributed by atoms with van der Waals surface area (Å²) in [5.74, 6) is -0.225. The molecule has 1 heterocycles. The van der Waals surface area contributed by atoms with E-state index in [0.717, 1.165) is 12.2 Å². The average molecular weight is 191 g/mol. The SMILES string of the molecule is CC1CN(C)c2ccccc2C(=O)O1. The lowest BCUT2D eigenvalue weighted by Gasteiger charge is -2.19. The van der Waals surface area contributed by atoms with E-state index in [1.165, 1.54) is 0 Å². The molecule has 3 nitrogen and oxygen atoms in total. The molecular formula is C11H13NO2. The molecule has 0 amide bonds. The van der Waals surface area contributed by atoms with E-state index in [1.54, 1.807) is 6.07 Å². The molecule has 1 aliphatic heterocycles. The fourth-order valence-electron chi connectivity index (χ4n) is 1.75. The molecule has 0 aromatic heterocycles. The monoisotopic (exact) mass is 191 g/mol. The summed E-state index contributed by atoms with van der Waals surface area (Å²) in [6.07, 6.45) is -0.0556. The van der Waals surface area contributed by atoms with Gasteiger partial charge in [0.15, 0.2) is 0 Å². The minimum Gasteiger partial charge on any atom is -0.457 e. The molecule has 0 N–H and O–H groups in total. The third-order valence-corrected chi connectivity index (χ3v) is 2.37. The maximum atomic E-state index is 11.6. The molecule has 1 atom stereocenters. The summed E-state index contributed by atoms with van der Waals surface area (Å²) in [5, 5.41) is 0. The second-order valence-corrected chi connectivity index (χ2v) is 3.61. The number of hydrogen-bond donors (Lipinski definition) is 0. The zero-order valence-electron chi connectivity index (χ0n) is 8.36. The molecule has 0 aliphatic carbocycles. The highest BCUT2D eigenvalue weighted by Gasteiger charge is 2.22. The van der Waals surface area contributed by atoms with Crippen LogP contribution in [-0.4, -0.2) is 25.7 Å². The van der Waals surface area contributed by atoms with Crippen LogP contribution in [0.15, 0.2) is 24.3 Å². The molecule has 3 heteroatoms. The van der Waals surface area contributed by atoms with Crippen LogP contribution in [0.25, 0.3) is 0 Å². The topological polar surface area (TPSA) is 29.5 Å². The highest BCUT2D eigenvalue weighted by Crippen LogP contribution is 2.23.